The Bertz CT molecular complexity index is 152. The maximum Gasteiger partial charge on any atom is 0.302 e. The number of hydrogen-bond donors (Lipinski definition) is 2. The number of rotatable bonds is 5. The Kier molecular flexibility index (Phi) is 13.0. The molecule has 0 aliphatic rings. The summed E-state index contributed by atoms with van der Waals surface area (Å²) in [6.07, 6.45) is 0. The van der Waals surface area contributed by atoms with E-state index >= 15 is 0 Å². The van der Waals surface area contributed by atoms with Gasteiger partial charge in [0.2, 0.25) is 0 Å². The molecule has 0 saturated carbocycles. The summed E-state index contributed by atoms with van der Waals surface area (Å²) in [5.74, 6) is -1.15. The van der Waals surface area contributed by atoms with Gasteiger partial charge in [-0.1, -0.05) is 0 Å². The van der Waals surface area contributed by atoms with Gasteiger partial charge in [0.15, 0.2) is 0 Å². The first-order valence-electron chi connectivity index (χ1n) is 4.02. The molecule has 0 rings (SSSR count). The summed E-state index contributed by atoms with van der Waals surface area (Å²) in [4.78, 5) is 19.1. The van der Waals surface area contributed by atoms with E-state index in [9.17, 15) is 4.79 Å². The molecular weight excluding hydrogens is 192 g/mol. The quantitative estimate of drug-likeness (QED) is 0.474. The summed E-state index contributed by atoms with van der Waals surface area (Å²) in [5, 5.41) is 15.7. The van der Waals surface area contributed by atoms with Crippen LogP contribution in [0.25, 0.3) is 0 Å². The van der Waals surface area contributed by atoms with Crippen molar-refractivity contribution in [3.05, 3.63) is 0 Å². The number of aliphatic carboxylic acids is 1. The molecule has 0 saturated heterocycles. The molecule has 0 heterocycles. The minimum atomic E-state index is -0.833. The van der Waals surface area contributed by atoms with Crippen molar-refractivity contribution in [1.82, 2.24) is 0 Å². The maximum absolute atomic E-state index is 10.1. The van der Waals surface area contributed by atoms with Gasteiger partial charge < -0.3 is 19.7 Å². The molecule has 0 bridgehead atoms. The second-order valence-corrected chi connectivity index (χ2v) is 2.20. The highest BCUT2D eigenvalue weighted by Crippen LogP contribution is 1.78. The SMILES string of the molecule is CC(=O)O.CC(=O)OCCOCCO. The molecule has 0 atom stereocenters. The number of aliphatic hydroxyl groups excluding tert-OH is 1. The second-order valence-electron chi connectivity index (χ2n) is 2.20. The lowest BCUT2D eigenvalue weighted by atomic mass is 10.7. The molecule has 6 nitrogen and oxygen atoms in total. The van der Waals surface area contributed by atoms with Gasteiger partial charge in [-0.3, -0.25) is 9.59 Å². The van der Waals surface area contributed by atoms with Gasteiger partial charge in [-0.25, -0.2) is 0 Å². The second kappa shape index (κ2) is 11.9. The minimum absolute atomic E-state index is 0.0000709. The smallest absolute Gasteiger partial charge is 0.302 e. The van der Waals surface area contributed by atoms with Gasteiger partial charge in [0, 0.05) is 13.8 Å². The van der Waals surface area contributed by atoms with Crippen LogP contribution in [0.3, 0.4) is 0 Å². The lowest BCUT2D eigenvalue weighted by Gasteiger charge is -2.01. The summed E-state index contributed by atoms with van der Waals surface area (Å²) < 4.78 is 9.35. The summed E-state index contributed by atoms with van der Waals surface area (Å²) in [7, 11) is 0. The fourth-order valence-corrected chi connectivity index (χ4v) is 0.411. The zero-order chi connectivity index (χ0) is 11.4. The average Bonchev–Trinajstić information content (AvgIpc) is 2.02. The Labute approximate surface area is 82.4 Å². The number of carboxylic acid groups (broad SMARTS) is 1. The van der Waals surface area contributed by atoms with Crippen LogP contribution in [0.1, 0.15) is 13.8 Å². The third-order valence-corrected chi connectivity index (χ3v) is 0.769. The van der Waals surface area contributed by atoms with Crippen molar-refractivity contribution in [2.75, 3.05) is 26.4 Å². The van der Waals surface area contributed by atoms with E-state index in [-0.39, 0.29) is 19.2 Å². The lowest BCUT2D eigenvalue weighted by molar-refractivity contribution is -0.142. The molecule has 6 heteroatoms. The Balaban J connectivity index is 0. The molecule has 0 unspecified atom stereocenters. The van der Waals surface area contributed by atoms with Crippen LogP contribution >= 0.6 is 0 Å². The molecule has 0 spiro atoms. The zero-order valence-corrected chi connectivity index (χ0v) is 8.36. The highest BCUT2D eigenvalue weighted by atomic mass is 16.6. The first-order valence-corrected chi connectivity index (χ1v) is 4.02. The predicted molar refractivity (Wildman–Crippen MR) is 47.8 cm³/mol. The lowest BCUT2D eigenvalue weighted by Crippen LogP contribution is -2.09. The Morgan fingerprint density at radius 1 is 1.14 bits per heavy atom. The van der Waals surface area contributed by atoms with Gasteiger partial charge in [0.1, 0.15) is 6.61 Å². The zero-order valence-electron chi connectivity index (χ0n) is 8.36. The number of carboxylic acids is 1. The molecule has 0 aliphatic carbocycles. The third-order valence-electron chi connectivity index (χ3n) is 0.769. The summed E-state index contributed by atoms with van der Waals surface area (Å²) in [6.45, 7) is 3.32. The number of ether oxygens (including phenoxy) is 2. The monoisotopic (exact) mass is 208 g/mol. The molecule has 84 valence electrons. The fraction of sp³-hybridized carbons (Fsp3) is 0.750. The number of hydrogen-bond acceptors (Lipinski definition) is 5. The summed E-state index contributed by atoms with van der Waals surface area (Å²) >= 11 is 0. The molecule has 0 aliphatic heterocycles. The van der Waals surface area contributed by atoms with Gasteiger partial charge in [0.25, 0.3) is 5.97 Å². The van der Waals surface area contributed by atoms with Gasteiger partial charge in [-0.05, 0) is 0 Å². The number of carbonyl (C=O) groups is 2. The van der Waals surface area contributed by atoms with Gasteiger partial charge in [0.05, 0.1) is 19.8 Å². The first-order chi connectivity index (χ1) is 6.50. The van der Waals surface area contributed by atoms with Crippen molar-refractivity contribution in [1.29, 1.82) is 0 Å². The normalized spacial score (nSPS) is 8.50. The number of carbonyl (C=O) groups excluding carboxylic acids is 1. The molecule has 0 fully saturated rings. The van der Waals surface area contributed by atoms with Crippen LogP contribution in [0.15, 0.2) is 0 Å². The molecule has 0 aromatic heterocycles. The van der Waals surface area contributed by atoms with Crippen LogP contribution in [0.4, 0.5) is 0 Å². The van der Waals surface area contributed by atoms with Crippen LogP contribution < -0.4 is 0 Å². The molecule has 0 amide bonds. The van der Waals surface area contributed by atoms with Crippen molar-refractivity contribution >= 4 is 11.9 Å². The molecular formula is C8H16O6. The van der Waals surface area contributed by atoms with E-state index in [2.05, 4.69) is 4.74 Å². The minimum Gasteiger partial charge on any atom is -0.481 e. The first kappa shape index (κ1) is 15.3. The van der Waals surface area contributed by atoms with Crippen LogP contribution in [-0.4, -0.2) is 48.6 Å². The molecule has 14 heavy (non-hydrogen) atoms. The molecule has 0 aromatic rings. The van der Waals surface area contributed by atoms with Crippen molar-refractivity contribution in [3.8, 4) is 0 Å². The summed E-state index contributed by atoms with van der Waals surface area (Å²) in [5.41, 5.74) is 0. The van der Waals surface area contributed by atoms with Crippen LogP contribution in [0.2, 0.25) is 0 Å². The molecule has 2 N–H and O–H groups in total. The van der Waals surface area contributed by atoms with Crippen LogP contribution in [0, 0.1) is 0 Å². The highest BCUT2D eigenvalue weighted by Gasteiger charge is 1.90. The molecule has 0 aromatic carbocycles. The van der Waals surface area contributed by atoms with E-state index in [1.165, 1.54) is 6.92 Å². The van der Waals surface area contributed by atoms with Crippen LogP contribution in [0.5, 0.6) is 0 Å². The Hall–Kier alpha value is -1.14. The van der Waals surface area contributed by atoms with Crippen molar-refractivity contribution < 1.29 is 29.3 Å². The van der Waals surface area contributed by atoms with Crippen molar-refractivity contribution in [3.63, 3.8) is 0 Å². The van der Waals surface area contributed by atoms with E-state index < -0.39 is 5.97 Å². The van der Waals surface area contributed by atoms with E-state index in [0.29, 0.717) is 13.2 Å². The molecule has 0 radical (unpaired) electrons. The van der Waals surface area contributed by atoms with Gasteiger partial charge >= 0.3 is 5.97 Å². The Morgan fingerprint density at radius 2 is 1.64 bits per heavy atom. The average molecular weight is 208 g/mol. The standard InChI is InChI=1S/C6H12O4.C2H4O2/c1-6(8)10-5-4-9-3-2-7;1-2(3)4/h7H,2-5H2,1H3;1H3,(H,3,4). The fourth-order valence-electron chi connectivity index (χ4n) is 0.411. The van der Waals surface area contributed by atoms with Crippen molar-refractivity contribution in [2.45, 2.75) is 13.8 Å². The van der Waals surface area contributed by atoms with E-state index in [4.69, 9.17) is 19.7 Å². The van der Waals surface area contributed by atoms with E-state index in [0.717, 1.165) is 6.92 Å². The van der Waals surface area contributed by atoms with Gasteiger partial charge in [-0.2, -0.15) is 0 Å². The largest absolute Gasteiger partial charge is 0.481 e. The van der Waals surface area contributed by atoms with Gasteiger partial charge in [-0.15, -0.1) is 0 Å². The van der Waals surface area contributed by atoms with E-state index in [1.807, 2.05) is 0 Å². The summed E-state index contributed by atoms with van der Waals surface area (Å²) in [6, 6.07) is 0. The van der Waals surface area contributed by atoms with Crippen molar-refractivity contribution in [2.24, 2.45) is 0 Å². The van der Waals surface area contributed by atoms with Crippen LogP contribution in [-0.2, 0) is 19.1 Å². The third kappa shape index (κ3) is 30.7. The Morgan fingerprint density at radius 3 is 2.00 bits per heavy atom. The number of aliphatic hydroxyl groups is 1. The number of esters is 1. The van der Waals surface area contributed by atoms with E-state index in [1.54, 1.807) is 0 Å². The predicted octanol–water partition coefficient (Wildman–Crippen LogP) is -0.351. The maximum atomic E-state index is 10.1. The topological polar surface area (TPSA) is 93.1 Å². The highest BCUT2D eigenvalue weighted by molar-refractivity contribution is 5.65.